The maximum atomic E-state index is 3.66. The predicted molar refractivity (Wildman–Crippen MR) is 79.4 cm³/mol. The van der Waals surface area contributed by atoms with E-state index < -0.39 is 0 Å². The van der Waals surface area contributed by atoms with Gasteiger partial charge in [-0.25, -0.2) is 0 Å². The summed E-state index contributed by atoms with van der Waals surface area (Å²) in [5.41, 5.74) is 0. The van der Waals surface area contributed by atoms with Crippen LogP contribution in [0.4, 0.5) is 0 Å². The van der Waals surface area contributed by atoms with Gasteiger partial charge in [-0.1, -0.05) is 0 Å². The summed E-state index contributed by atoms with van der Waals surface area (Å²) in [4.78, 5) is 5.37. The monoisotopic (exact) mass is 269 g/mol. The molecule has 3 fully saturated rings. The Balaban J connectivity index is 1.45. The van der Waals surface area contributed by atoms with Gasteiger partial charge in [0.25, 0.3) is 0 Å². The molecule has 18 heavy (non-hydrogen) atoms. The van der Waals surface area contributed by atoms with Crippen molar-refractivity contribution in [2.24, 2.45) is 0 Å². The molecule has 0 amide bonds. The van der Waals surface area contributed by atoms with E-state index >= 15 is 0 Å². The third kappa shape index (κ3) is 3.03. The molecule has 3 aliphatic heterocycles. The zero-order valence-corrected chi connectivity index (χ0v) is 12.4. The van der Waals surface area contributed by atoms with Crippen molar-refractivity contribution >= 4 is 11.8 Å². The fraction of sp³-hybridized carbons (Fsp3) is 1.00. The van der Waals surface area contributed by atoms with Gasteiger partial charge in [-0.15, -0.1) is 0 Å². The Kier molecular flexibility index (Phi) is 4.50. The van der Waals surface area contributed by atoms with Gasteiger partial charge in [0.2, 0.25) is 0 Å². The van der Waals surface area contributed by atoms with Crippen LogP contribution in [0.5, 0.6) is 0 Å². The molecule has 0 aliphatic carbocycles. The Labute approximate surface area is 116 Å². The van der Waals surface area contributed by atoms with Crippen molar-refractivity contribution in [3.63, 3.8) is 0 Å². The highest BCUT2D eigenvalue weighted by atomic mass is 32.2. The van der Waals surface area contributed by atoms with Gasteiger partial charge in [0.1, 0.15) is 0 Å². The van der Waals surface area contributed by atoms with Gasteiger partial charge in [-0.3, -0.25) is 4.90 Å². The number of thioether (sulfide) groups is 1. The van der Waals surface area contributed by atoms with E-state index in [4.69, 9.17) is 0 Å². The summed E-state index contributed by atoms with van der Waals surface area (Å²) in [6, 6.07) is 2.48. The second-order valence-electron chi connectivity index (χ2n) is 6.15. The summed E-state index contributed by atoms with van der Waals surface area (Å²) < 4.78 is 0. The first-order valence-corrected chi connectivity index (χ1v) is 8.74. The molecule has 0 aromatic rings. The minimum absolute atomic E-state index is 0.766. The average molecular weight is 269 g/mol. The number of rotatable bonds is 3. The molecule has 4 heteroatoms. The molecule has 3 unspecified atom stereocenters. The number of nitrogens with one attached hydrogen (secondary N) is 1. The van der Waals surface area contributed by atoms with Crippen LogP contribution < -0.4 is 5.32 Å². The molecular weight excluding hydrogens is 242 g/mol. The smallest absolute Gasteiger partial charge is 0.0223 e. The zero-order valence-electron chi connectivity index (χ0n) is 11.6. The normalized spacial score (nSPS) is 38.8. The van der Waals surface area contributed by atoms with Crippen LogP contribution in [0, 0.1) is 0 Å². The Morgan fingerprint density at radius 1 is 1.22 bits per heavy atom. The quantitative estimate of drug-likeness (QED) is 0.831. The molecule has 2 bridgehead atoms. The number of likely N-dealkylation sites (tertiary alicyclic amines) is 1. The van der Waals surface area contributed by atoms with Crippen molar-refractivity contribution in [3.05, 3.63) is 0 Å². The number of hydrogen-bond donors (Lipinski definition) is 1. The van der Waals surface area contributed by atoms with Crippen LogP contribution in [0.3, 0.4) is 0 Å². The fourth-order valence-electron chi connectivity index (χ4n) is 3.73. The lowest BCUT2D eigenvalue weighted by molar-refractivity contribution is 0.214. The number of fused-ring (bicyclic) bond motifs is 2. The first-order valence-electron chi connectivity index (χ1n) is 7.58. The maximum Gasteiger partial charge on any atom is 0.0223 e. The summed E-state index contributed by atoms with van der Waals surface area (Å²) in [6.07, 6.45) is 5.60. The first kappa shape index (κ1) is 13.2. The number of hydrogen-bond acceptors (Lipinski definition) is 4. The standard InChI is InChI=1S/C14H27N3S/c1-16-13-2-3-14(16)10-17(8-5-13)7-4-12-11-18-9-6-15-12/h12-15H,2-11H2,1H3. The molecule has 0 aromatic heterocycles. The third-order valence-electron chi connectivity index (χ3n) is 5.02. The van der Waals surface area contributed by atoms with E-state index in [-0.39, 0.29) is 0 Å². The van der Waals surface area contributed by atoms with Crippen molar-refractivity contribution in [3.8, 4) is 0 Å². The summed E-state index contributed by atoms with van der Waals surface area (Å²) in [5.74, 6) is 2.62. The van der Waals surface area contributed by atoms with Gasteiger partial charge < -0.3 is 10.2 Å². The molecule has 3 heterocycles. The maximum absolute atomic E-state index is 3.66. The van der Waals surface area contributed by atoms with E-state index in [0.717, 1.165) is 18.1 Å². The van der Waals surface area contributed by atoms with Gasteiger partial charge >= 0.3 is 0 Å². The largest absolute Gasteiger partial charge is 0.312 e. The Bertz CT molecular complexity index is 268. The van der Waals surface area contributed by atoms with Crippen molar-refractivity contribution in [1.29, 1.82) is 0 Å². The molecule has 1 N–H and O–H groups in total. The van der Waals surface area contributed by atoms with Gasteiger partial charge in [-0.05, 0) is 45.8 Å². The zero-order chi connectivity index (χ0) is 12.4. The van der Waals surface area contributed by atoms with Crippen molar-refractivity contribution in [2.45, 2.75) is 43.8 Å². The van der Waals surface area contributed by atoms with Crippen LogP contribution in [-0.4, -0.2) is 72.7 Å². The molecular formula is C14H27N3S. The minimum Gasteiger partial charge on any atom is -0.312 e. The molecule has 3 nitrogen and oxygen atoms in total. The first-order chi connectivity index (χ1) is 8.83. The summed E-state index contributed by atoms with van der Waals surface area (Å²) in [7, 11) is 2.34. The van der Waals surface area contributed by atoms with E-state index in [1.807, 2.05) is 0 Å². The Hall–Kier alpha value is 0.230. The van der Waals surface area contributed by atoms with Crippen LogP contribution in [0.25, 0.3) is 0 Å². The van der Waals surface area contributed by atoms with Crippen molar-refractivity contribution in [1.82, 2.24) is 15.1 Å². The molecule has 3 atom stereocenters. The van der Waals surface area contributed by atoms with Gasteiger partial charge in [0.15, 0.2) is 0 Å². The molecule has 3 saturated heterocycles. The van der Waals surface area contributed by atoms with Crippen LogP contribution in [-0.2, 0) is 0 Å². The Morgan fingerprint density at radius 3 is 2.94 bits per heavy atom. The van der Waals surface area contributed by atoms with Gasteiger partial charge in [0.05, 0.1) is 0 Å². The van der Waals surface area contributed by atoms with E-state index in [2.05, 4.69) is 33.9 Å². The summed E-state index contributed by atoms with van der Waals surface area (Å²) >= 11 is 2.12. The van der Waals surface area contributed by atoms with Crippen molar-refractivity contribution in [2.75, 3.05) is 44.7 Å². The average Bonchev–Trinajstić information content (AvgIpc) is 2.64. The number of nitrogens with zero attached hydrogens (tertiary/aromatic N) is 2. The summed E-state index contributed by atoms with van der Waals surface area (Å²) in [5, 5.41) is 3.66. The molecule has 0 aromatic carbocycles. The fourth-order valence-corrected chi connectivity index (χ4v) is 4.72. The highest BCUT2D eigenvalue weighted by molar-refractivity contribution is 7.99. The Morgan fingerprint density at radius 2 is 2.11 bits per heavy atom. The minimum atomic E-state index is 0.766. The molecule has 0 radical (unpaired) electrons. The van der Waals surface area contributed by atoms with E-state index in [1.165, 1.54) is 63.4 Å². The SMILES string of the molecule is CN1C2CCC1CN(CCC1CSCCN1)CC2. The lowest BCUT2D eigenvalue weighted by atomic mass is 10.1. The molecule has 0 saturated carbocycles. The lowest BCUT2D eigenvalue weighted by Gasteiger charge is -2.29. The topological polar surface area (TPSA) is 18.5 Å². The molecule has 3 rings (SSSR count). The second-order valence-corrected chi connectivity index (χ2v) is 7.30. The van der Waals surface area contributed by atoms with Gasteiger partial charge in [0, 0.05) is 42.7 Å². The van der Waals surface area contributed by atoms with Crippen LogP contribution in [0.1, 0.15) is 25.7 Å². The van der Waals surface area contributed by atoms with Crippen LogP contribution in [0.15, 0.2) is 0 Å². The summed E-state index contributed by atoms with van der Waals surface area (Å²) in [6.45, 7) is 5.15. The molecule has 3 aliphatic rings. The highest BCUT2D eigenvalue weighted by Crippen LogP contribution is 2.28. The molecule has 104 valence electrons. The molecule has 0 spiro atoms. The highest BCUT2D eigenvalue weighted by Gasteiger charge is 2.34. The second kappa shape index (κ2) is 6.12. The van der Waals surface area contributed by atoms with Gasteiger partial charge in [-0.2, -0.15) is 11.8 Å². The number of likely N-dealkylation sites (N-methyl/N-ethyl adjacent to an activating group) is 1. The third-order valence-corrected chi connectivity index (χ3v) is 6.16. The van der Waals surface area contributed by atoms with Crippen LogP contribution in [0.2, 0.25) is 0 Å². The lowest BCUT2D eigenvalue weighted by Crippen LogP contribution is -2.42. The van der Waals surface area contributed by atoms with E-state index in [1.54, 1.807) is 0 Å². The predicted octanol–water partition coefficient (Wildman–Crippen LogP) is 1.25. The van der Waals surface area contributed by atoms with E-state index in [0.29, 0.717) is 0 Å². The van der Waals surface area contributed by atoms with E-state index in [9.17, 15) is 0 Å². The van der Waals surface area contributed by atoms with Crippen molar-refractivity contribution < 1.29 is 0 Å². The van der Waals surface area contributed by atoms with Crippen LogP contribution >= 0.6 is 11.8 Å².